The topological polar surface area (TPSA) is 43.8 Å². The minimum Gasteiger partial charge on any atom is -0.392 e. The lowest BCUT2D eigenvalue weighted by Crippen LogP contribution is -2.44. The molecule has 2 atom stereocenters. The van der Waals surface area contributed by atoms with Crippen LogP contribution in [-0.2, 0) is 0 Å². The predicted octanol–water partition coefficient (Wildman–Crippen LogP) is 2.65. The number of carbonyl (C=O) groups is 1. The van der Waals surface area contributed by atoms with Crippen LogP contribution < -0.4 is 0 Å². The Balaban J connectivity index is 2.03. The third kappa shape index (κ3) is 4.45. The maximum atomic E-state index is 12.6. The molecule has 2 rings (SSSR count). The van der Waals surface area contributed by atoms with Gasteiger partial charge in [-0.05, 0) is 37.1 Å². The van der Waals surface area contributed by atoms with Gasteiger partial charge in [0.1, 0.15) is 0 Å². The van der Waals surface area contributed by atoms with Gasteiger partial charge in [-0.25, -0.2) is 0 Å². The molecule has 0 bridgehead atoms. The summed E-state index contributed by atoms with van der Waals surface area (Å²) in [6.07, 6.45) is 2.59. The van der Waals surface area contributed by atoms with Crippen molar-refractivity contribution in [2.45, 2.75) is 38.3 Å². The number of nitrogens with zero attached hydrogens (tertiary/aromatic N) is 2. The summed E-state index contributed by atoms with van der Waals surface area (Å²) in [6.45, 7) is 4.57. The second-order valence-corrected chi connectivity index (χ2v) is 6.50. The largest absolute Gasteiger partial charge is 0.392 e. The van der Waals surface area contributed by atoms with Gasteiger partial charge in [0.05, 0.1) is 6.10 Å². The van der Waals surface area contributed by atoms with Crippen molar-refractivity contribution in [3.05, 3.63) is 34.9 Å². The summed E-state index contributed by atoms with van der Waals surface area (Å²) in [6, 6.07) is 7.19. The van der Waals surface area contributed by atoms with E-state index in [2.05, 4.69) is 11.8 Å². The highest BCUT2D eigenvalue weighted by Gasteiger charge is 2.26. The lowest BCUT2D eigenvalue weighted by molar-refractivity contribution is 0.0680. The van der Waals surface area contributed by atoms with Gasteiger partial charge >= 0.3 is 0 Å². The zero-order chi connectivity index (χ0) is 16.1. The molecule has 1 aromatic carbocycles. The van der Waals surface area contributed by atoms with Gasteiger partial charge in [0.25, 0.3) is 5.91 Å². The molecular formula is C17H25ClN2O2. The Kier molecular flexibility index (Phi) is 6.24. The fraction of sp³-hybridized carbons (Fsp3) is 0.588. The van der Waals surface area contributed by atoms with Crippen molar-refractivity contribution < 1.29 is 9.90 Å². The molecule has 0 aromatic heterocycles. The maximum Gasteiger partial charge on any atom is 0.253 e. The second kappa shape index (κ2) is 7.95. The third-order valence-corrected chi connectivity index (χ3v) is 4.55. The molecule has 1 N–H and O–H groups in total. The molecule has 1 aliphatic rings. The number of benzene rings is 1. The van der Waals surface area contributed by atoms with Crippen LogP contribution in [0.4, 0.5) is 0 Å². The van der Waals surface area contributed by atoms with Crippen molar-refractivity contribution in [1.82, 2.24) is 9.80 Å². The van der Waals surface area contributed by atoms with E-state index in [0.29, 0.717) is 17.1 Å². The van der Waals surface area contributed by atoms with E-state index in [0.717, 1.165) is 32.4 Å². The van der Waals surface area contributed by atoms with Crippen LogP contribution >= 0.6 is 11.6 Å². The first-order valence-corrected chi connectivity index (χ1v) is 8.32. The predicted molar refractivity (Wildman–Crippen MR) is 89.3 cm³/mol. The maximum absolute atomic E-state index is 12.6. The van der Waals surface area contributed by atoms with Gasteiger partial charge in [0.2, 0.25) is 0 Å². The molecule has 0 radical (unpaired) electrons. The minimum absolute atomic E-state index is 0.0230. The molecule has 1 aromatic rings. The van der Waals surface area contributed by atoms with Crippen molar-refractivity contribution in [2.24, 2.45) is 0 Å². The number of amides is 1. The van der Waals surface area contributed by atoms with E-state index in [1.165, 1.54) is 0 Å². The van der Waals surface area contributed by atoms with E-state index in [9.17, 15) is 9.90 Å². The molecule has 0 saturated carbocycles. The number of β-amino-alcohol motifs (C(OH)–C–C–N with tert-alkyl or cyclic N) is 1. The van der Waals surface area contributed by atoms with Gasteiger partial charge < -0.3 is 10.0 Å². The Morgan fingerprint density at radius 1 is 1.45 bits per heavy atom. The molecule has 0 spiro atoms. The van der Waals surface area contributed by atoms with Crippen LogP contribution in [0.2, 0.25) is 5.02 Å². The summed E-state index contributed by atoms with van der Waals surface area (Å²) in [5.41, 5.74) is 0.662. The van der Waals surface area contributed by atoms with Gasteiger partial charge in [-0.2, -0.15) is 0 Å². The van der Waals surface area contributed by atoms with Crippen LogP contribution in [0.15, 0.2) is 24.3 Å². The second-order valence-electron chi connectivity index (χ2n) is 6.07. The van der Waals surface area contributed by atoms with Gasteiger partial charge in [-0.3, -0.25) is 9.69 Å². The van der Waals surface area contributed by atoms with E-state index in [1.807, 2.05) is 11.9 Å². The molecule has 0 aliphatic carbocycles. The average molecular weight is 325 g/mol. The van der Waals surface area contributed by atoms with Gasteiger partial charge in [0, 0.05) is 43.3 Å². The number of rotatable bonds is 6. The van der Waals surface area contributed by atoms with Crippen LogP contribution in [0.25, 0.3) is 0 Å². The third-order valence-electron chi connectivity index (χ3n) is 4.30. The van der Waals surface area contributed by atoms with E-state index < -0.39 is 0 Å². The first kappa shape index (κ1) is 17.3. The zero-order valence-corrected chi connectivity index (χ0v) is 14.1. The summed E-state index contributed by atoms with van der Waals surface area (Å²) >= 11 is 5.88. The number of hydrogen-bond donors (Lipinski definition) is 1. The quantitative estimate of drug-likeness (QED) is 0.875. The summed E-state index contributed by atoms with van der Waals surface area (Å²) in [5.74, 6) is 0.0230. The molecule has 1 aliphatic heterocycles. The highest BCUT2D eigenvalue weighted by atomic mass is 35.5. The smallest absolute Gasteiger partial charge is 0.253 e. The first-order chi connectivity index (χ1) is 10.5. The number of aliphatic hydroxyl groups is 1. The zero-order valence-electron chi connectivity index (χ0n) is 13.3. The van der Waals surface area contributed by atoms with Crippen molar-refractivity contribution in [3.8, 4) is 0 Å². The molecule has 1 fully saturated rings. The van der Waals surface area contributed by atoms with E-state index in [4.69, 9.17) is 11.6 Å². The van der Waals surface area contributed by atoms with Crippen LogP contribution in [0.1, 0.15) is 36.5 Å². The monoisotopic (exact) mass is 324 g/mol. The minimum atomic E-state index is -0.223. The standard InChI is InChI=1S/C17H25ClN2O2/c1-3-4-15(11-20-10-9-16(21)12-20)19(2)17(22)13-5-7-14(18)8-6-13/h5-8,15-16,21H,3-4,9-12H2,1-2H3. The highest BCUT2D eigenvalue weighted by Crippen LogP contribution is 2.17. The number of likely N-dealkylation sites (tertiary alicyclic amines) is 1. The van der Waals surface area contributed by atoms with E-state index >= 15 is 0 Å². The number of likely N-dealkylation sites (N-methyl/N-ethyl adjacent to an activating group) is 1. The molecule has 22 heavy (non-hydrogen) atoms. The van der Waals surface area contributed by atoms with Crippen molar-refractivity contribution in [3.63, 3.8) is 0 Å². The van der Waals surface area contributed by atoms with Gasteiger partial charge in [-0.15, -0.1) is 0 Å². The summed E-state index contributed by atoms with van der Waals surface area (Å²) < 4.78 is 0. The molecule has 1 heterocycles. The molecule has 5 heteroatoms. The van der Waals surface area contributed by atoms with Crippen LogP contribution in [0.5, 0.6) is 0 Å². The Morgan fingerprint density at radius 3 is 2.68 bits per heavy atom. The molecule has 122 valence electrons. The lowest BCUT2D eigenvalue weighted by Gasteiger charge is -2.31. The average Bonchev–Trinajstić information content (AvgIpc) is 2.91. The van der Waals surface area contributed by atoms with E-state index in [1.54, 1.807) is 24.3 Å². The van der Waals surface area contributed by atoms with Crippen LogP contribution in [-0.4, -0.2) is 59.6 Å². The summed E-state index contributed by atoms with van der Waals surface area (Å²) in [5, 5.41) is 10.3. The molecule has 2 unspecified atom stereocenters. The fourth-order valence-electron chi connectivity index (χ4n) is 2.98. The van der Waals surface area contributed by atoms with E-state index in [-0.39, 0.29) is 18.1 Å². The summed E-state index contributed by atoms with van der Waals surface area (Å²) in [4.78, 5) is 16.7. The van der Waals surface area contributed by atoms with Gasteiger partial charge in [0.15, 0.2) is 0 Å². The number of carbonyl (C=O) groups excluding carboxylic acids is 1. The highest BCUT2D eigenvalue weighted by molar-refractivity contribution is 6.30. The number of halogens is 1. The van der Waals surface area contributed by atoms with Crippen LogP contribution in [0, 0.1) is 0 Å². The molecule has 4 nitrogen and oxygen atoms in total. The number of hydrogen-bond acceptors (Lipinski definition) is 3. The number of aliphatic hydroxyl groups excluding tert-OH is 1. The molecular weight excluding hydrogens is 300 g/mol. The van der Waals surface area contributed by atoms with Crippen LogP contribution in [0.3, 0.4) is 0 Å². The Hall–Kier alpha value is -1.10. The van der Waals surface area contributed by atoms with Crippen molar-refractivity contribution in [2.75, 3.05) is 26.7 Å². The Labute approximate surface area is 137 Å². The Bertz CT molecular complexity index is 492. The van der Waals surface area contributed by atoms with Crippen molar-refractivity contribution in [1.29, 1.82) is 0 Å². The molecule has 1 amide bonds. The fourth-order valence-corrected chi connectivity index (χ4v) is 3.10. The lowest BCUT2D eigenvalue weighted by atomic mass is 10.1. The SMILES string of the molecule is CCCC(CN1CCC(O)C1)N(C)C(=O)c1ccc(Cl)cc1. The van der Waals surface area contributed by atoms with Crippen molar-refractivity contribution >= 4 is 17.5 Å². The van der Waals surface area contributed by atoms with Gasteiger partial charge in [-0.1, -0.05) is 24.9 Å². The molecule has 1 saturated heterocycles. The summed E-state index contributed by atoms with van der Waals surface area (Å²) in [7, 11) is 1.86. The Morgan fingerprint density at radius 2 is 2.14 bits per heavy atom. The normalized spacial score (nSPS) is 20.1. The first-order valence-electron chi connectivity index (χ1n) is 7.94.